The molecule has 6 heteroatoms. The predicted molar refractivity (Wildman–Crippen MR) is 138 cm³/mol. The maximum Gasteiger partial charge on any atom is 0.231 e. The van der Waals surface area contributed by atoms with Crippen molar-refractivity contribution in [1.82, 2.24) is 0 Å². The number of fused-ring (bicyclic) bond motifs is 1. The lowest BCUT2D eigenvalue weighted by molar-refractivity contribution is 0.0920. The second-order valence-electron chi connectivity index (χ2n) is 7.99. The zero-order chi connectivity index (χ0) is 24.2. The van der Waals surface area contributed by atoms with Gasteiger partial charge in [0.25, 0.3) is 0 Å². The Morgan fingerprint density at radius 2 is 1.68 bits per heavy atom. The van der Waals surface area contributed by atoms with Crippen LogP contribution in [0.15, 0.2) is 70.9 Å². The molecule has 0 radical (unpaired) electrons. The zero-order valence-electron chi connectivity index (χ0n) is 19.4. The normalized spacial score (nSPS) is 13.5. The van der Waals surface area contributed by atoms with Gasteiger partial charge in [0.2, 0.25) is 5.78 Å². The van der Waals surface area contributed by atoms with Gasteiger partial charge < -0.3 is 14.4 Å². The molecule has 4 rings (SSSR count). The number of benzene rings is 3. The minimum absolute atomic E-state index is 0.100. The molecule has 3 aromatic rings. The third kappa shape index (κ3) is 4.92. The van der Waals surface area contributed by atoms with Crippen LogP contribution < -0.4 is 14.4 Å². The fraction of sp³-hybridized carbons (Fsp3) is 0.214. The first-order valence-electron chi connectivity index (χ1n) is 11.3. The van der Waals surface area contributed by atoms with E-state index >= 15 is 0 Å². The van der Waals surface area contributed by atoms with Crippen LogP contribution in [0.25, 0.3) is 6.08 Å². The second-order valence-corrected chi connectivity index (χ2v) is 8.90. The quantitative estimate of drug-likeness (QED) is 0.251. The molecular weight excluding hydrogens is 494 g/mol. The number of hydrogen-bond donors (Lipinski definition) is 0. The van der Waals surface area contributed by atoms with Crippen LogP contribution in [0.4, 0.5) is 5.69 Å². The number of nitrogens with zero attached hydrogens (tertiary/aromatic N) is 1. The van der Waals surface area contributed by atoms with Gasteiger partial charge in [0.15, 0.2) is 18.1 Å². The molecular formula is C28H26BrNO4. The Morgan fingerprint density at radius 3 is 2.32 bits per heavy atom. The van der Waals surface area contributed by atoms with Gasteiger partial charge in [-0.2, -0.15) is 0 Å². The van der Waals surface area contributed by atoms with Crippen molar-refractivity contribution < 1.29 is 19.1 Å². The number of carbonyl (C=O) groups is 2. The summed E-state index contributed by atoms with van der Waals surface area (Å²) in [6, 6.07) is 18.6. The van der Waals surface area contributed by atoms with Gasteiger partial charge in [0.05, 0.1) is 5.56 Å². The highest BCUT2D eigenvalue weighted by Gasteiger charge is 2.30. The van der Waals surface area contributed by atoms with Gasteiger partial charge >= 0.3 is 0 Å². The minimum atomic E-state index is -0.164. The monoisotopic (exact) mass is 519 g/mol. The van der Waals surface area contributed by atoms with Gasteiger partial charge in [-0.25, -0.2) is 0 Å². The Labute approximate surface area is 208 Å². The number of halogens is 1. The van der Waals surface area contributed by atoms with Crippen molar-refractivity contribution in [2.45, 2.75) is 20.8 Å². The van der Waals surface area contributed by atoms with Gasteiger partial charge in [-0.3, -0.25) is 9.59 Å². The highest BCUT2D eigenvalue weighted by molar-refractivity contribution is 9.10. The molecule has 5 nitrogen and oxygen atoms in total. The fourth-order valence-corrected chi connectivity index (χ4v) is 4.17. The Balaban J connectivity index is 1.49. The number of allylic oxidation sites excluding steroid dienone is 1. The molecule has 0 aromatic heterocycles. The van der Waals surface area contributed by atoms with E-state index in [4.69, 9.17) is 9.47 Å². The van der Waals surface area contributed by atoms with Crippen LogP contribution >= 0.6 is 15.9 Å². The summed E-state index contributed by atoms with van der Waals surface area (Å²) < 4.78 is 12.6. The zero-order valence-corrected chi connectivity index (χ0v) is 21.0. The van der Waals surface area contributed by atoms with Crippen LogP contribution in [0.1, 0.15) is 45.7 Å². The molecule has 1 aliphatic rings. The lowest BCUT2D eigenvalue weighted by atomic mass is 10.1. The maximum atomic E-state index is 12.9. The lowest BCUT2D eigenvalue weighted by Gasteiger charge is -2.20. The highest BCUT2D eigenvalue weighted by atomic mass is 79.9. The number of carbonyl (C=O) groups excluding carboxylic acids is 2. The summed E-state index contributed by atoms with van der Waals surface area (Å²) in [5, 5.41) is 0. The summed E-state index contributed by atoms with van der Waals surface area (Å²) in [6.07, 6.45) is 1.76. The van der Waals surface area contributed by atoms with Crippen LogP contribution in [0.3, 0.4) is 0 Å². The second kappa shape index (κ2) is 10.3. The molecule has 0 aliphatic carbocycles. The molecule has 3 aromatic carbocycles. The van der Waals surface area contributed by atoms with E-state index in [-0.39, 0.29) is 23.9 Å². The SMILES string of the molecule is CCN(CC)c1ccc(/C=C2\Oc3c(ccc(OCC(=O)c4ccc(Br)cc4)c3C)C2=O)cc1. The first-order valence-corrected chi connectivity index (χ1v) is 12.0. The molecule has 0 N–H and O–H groups in total. The van der Waals surface area contributed by atoms with Crippen LogP contribution in [-0.2, 0) is 0 Å². The van der Waals surface area contributed by atoms with Crippen molar-refractivity contribution in [3.05, 3.63) is 93.1 Å². The number of ketones is 2. The standard InChI is InChI=1S/C28H26BrNO4/c1-4-30(5-2)22-12-6-19(7-13-22)16-26-27(32)23-14-15-25(18(3)28(23)34-26)33-17-24(31)20-8-10-21(29)11-9-20/h6-16H,4-5,17H2,1-3H3/b26-16-. The third-order valence-electron chi connectivity index (χ3n) is 5.88. The van der Waals surface area contributed by atoms with E-state index < -0.39 is 0 Å². The molecule has 174 valence electrons. The maximum absolute atomic E-state index is 12.9. The van der Waals surface area contributed by atoms with E-state index in [1.807, 2.05) is 43.3 Å². The highest BCUT2D eigenvalue weighted by Crippen LogP contribution is 2.39. The number of ether oxygens (including phenoxy) is 2. The Morgan fingerprint density at radius 1 is 1.00 bits per heavy atom. The summed E-state index contributed by atoms with van der Waals surface area (Å²) >= 11 is 3.36. The van der Waals surface area contributed by atoms with Crippen LogP contribution in [0.2, 0.25) is 0 Å². The summed E-state index contributed by atoms with van der Waals surface area (Å²) in [4.78, 5) is 27.6. The van der Waals surface area contributed by atoms with E-state index in [9.17, 15) is 9.59 Å². The molecule has 0 fully saturated rings. The van der Waals surface area contributed by atoms with Crippen molar-refractivity contribution in [2.24, 2.45) is 0 Å². The molecule has 1 heterocycles. The number of rotatable bonds is 8. The first kappa shape index (κ1) is 23.8. The van der Waals surface area contributed by atoms with Gasteiger partial charge in [-0.15, -0.1) is 0 Å². The van der Waals surface area contributed by atoms with Crippen molar-refractivity contribution in [1.29, 1.82) is 0 Å². The molecule has 0 bridgehead atoms. The van der Waals surface area contributed by atoms with Gasteiger partial charge in [0.1, 0.15) is 11.5 Å². The molecule has 0 spiro atoms. The average molecular weight is 520 g/mol. The van der Waals surface area contributed by atoms with Crippen molar-refractivity contribution >= 4 is 39.3 Å². The predicted octanol–water partition coefficient (Wildman–Crippen LogP) is 6.48. The van der Waals surface area contributed by atoms with Crippen molar-refractivity contribution in [3.8, 4) is 11.5 Å². The van der Waals surface area contributed by atoms with Crippen molar-refractivity contribution in [3.63, 3.8) is 0 Å². The molecule has 0 amide bonds. The van der Waals surface area contributed by atoms with Crippen LogP contribution in [0.5, 0.6) is 11.5 Å². The average Bonchev–Trinajstić information content (AvgIpc) is 3.16. The lowest BCUT2D eigenvalue weighted by Crippen LogP contribution is -2.21. The molecule has 0 saturated heterocycles. The topological polar surface area (TPSA) is 55.8 Å². The number of hydrogen-bond acceptors (Lipinski definition) is 5. The van der Waals surface area contributed by atoms with E-state index in [1.54, 1.807) is 30.3 Å². The third-order valence-corrected chi connectivity index (χ3v) is 6.41. The summed E-state index contributed by atoms with van der Waals surface area (Å²) in [6.45, 7) is 7.85. The molecule has 0 saturated carbocycles. The Hall–Kier alpha value is -3.38. The largest absolute Gasteiger partial charge is 0.485 e. The first-order chi connectivity index (χ1) is 16.4. The molecule has 0 atom stereocenters. The van der Waals surface area contributed by atoms with Gasteiger partial charge in [-0.1, -0.05) is 40.2 Å². The fourth-order valence-electron chi connectivity index (χ4n) is 3.91. The van der Waals surface area contributed by atoms with E-state index in [0.29, 0.717) is 28.2 Å². The summed E-state index contributed by atoms with van der Waals surface area (Å²) in [5.74, 6) is 0.977. The minimum Gasteiger partial charge on any atom is -0.485 e. The van der Waals surface area contributed by atoms with Gasteiger partial charge in [-0.05, 0) is 68.8 Å². The van der Waals surface area contributed by atoms with Crippen molar-refractivity contribution in [2.75, 3.05) is 24.6 Å². The van der Waals surface area contributed by atoms with E-state index in [0.717, 1.165) is 28.8 Å². The summed E-state index contributed by atoms with van der Waals surface area (Å²) in [7, 11) is 0. The Bertz CT molecular complexity index is 1240. The van der Waals surface area contributed by atoms with E-state index in [2.05, 4.69) is 34.7 Å². The molecule has 0 unspecified atom stereocenters. The Kier molecular flexibility index (Phi) is 7.17. The molecule has 1 aliphatic heterocycles. The number of anilines is 1. The summed E-state index contributed by atoms with van der Waals surface area (Å²) in [5.41, 5.74) is 3.79. The smallest absolute Gasteiger partial charge is 0.231 e. The van der Waals surface area contributed by atoms with Crippen LogP contribution in [-0.4, -0.2) is 31.3 Å². The van der Waals surface area contributed by atoms with E-state index in [1.165, 1.54) is 0 Å². The van der Waals surface area contributed by atoms with Gasteiger partial charge in [0, 0.05) is 34.4 Å². The van der Waals surface area contributed by atoms with Crippen LogP contribution in [0, 0.1) is 6.92 Å². The molecule has 34 heavy (non-hydrogen) atoms. The number of Topliss-reactive ketones (excluding diaryl/α,β-unsaturated/α-hetero) is 2.